The second kappa shape index (κ2) is 12.6. The van der Waals surface area contributed by atoms with Gasteiger partial charge in [0.25, 0.3) is 0 Å². The van der Waals surface area contributed by atoms with Gasteiger partial charge in [-0.15, -0.1) is 0 Å². The first-order valence-electron chi connectivity index (χ1n) is 13.2. The highest BCUT2D eigenvalue weighted by Gasteiger charge is 2.37. The molecular weight excluding hydrogens is 471 g/mol. The molecule has 0 N–H and O–H groups in total. The number of carbonyl (C=O) groups excluding carboxylic acids is 2. The Kier molecular flexibility index (Phi) is 9.52. The van der Waals surface area contributed by atoms with Crippen LogP contribution in [0.2, 0.25) is 0 Å². The van der Waals surface area contributed by atoms with Gasteiger partial charge in [-0.05, 0) is 90.0 Å². The van der Waals surface area contributed by atoms with Crippen molar-refractivity contribution in [2.45, 2.75) is 82.2 Å². The average Bonchev–Trinajstić information content (AvgIpc) is 3.34. The number of hydrogen-bond acceptors (Lipinski definition) is 5. The number of likely N-dealkylation sites (tertiary alicyclic amines) is 1. The topological polar surface area (TPSA) is 55.8 Å². The second-order valence-electron chi connectivity index (χ2n) is 10.3. The lowest BCUT2D eigenvalue weighted by Crippen LogP contribution is -2.29. The number of alkyl halides is 2. The Hall–Kier alpha value is -1.59. The fraction of sp³-hybridized carbons (Fsp3) is 0.704. The molecule has 2 heterocycles. The number of Topliss-reactive ketones (excluding diaryl/α,β-unsaturated/α-hetero) is 1. The number of unbranched alkanes of at least 4 members (excludes halogenated alkanes) is 1. The van der Waals surface area contributed by atoms with Crippen LogP contribution in [0, 0.1) is 5.92 Å². The zero-order valence-corrected chi connectivity index (χ0v) is 21.5. The molecule has 1 aromatic carbocycles. The first-order chi connectivity index (χ1) is 16.9. The largest absolute Gasteiger partial charge is 0.486 e. The van der Waals surface area contributed by atoms with Gasteiger partial charge in [0.15, 0.2) is 17.0 Å². The zero-order chi connectivity index (χ0) is 24.7. The van der Waals surface area contributed by atoms with Crippen molar-refractivity contribution in [3.05, 3.63) is 23.8 Å². The first kappa shape index (κ1) is 26.5. The summed E-state index contributed by atoms with van der Waals surface area (Å²) in [6.07, 6.45) is 5.78. The number of ketones is 1. The quantitative estimate of drug-likeness (QED) is 0.270. The molecule has 5 nitrogen and oxygen atoms in total. The van der Waals surface area contributed by atoms with Crippen molar-refractivity contribution in [3.8, 4) is 11.5 Å². The van der Waals surface area contributed by atoms with Crippen molar-refractivity contribution in [2.75, 3.05) is 32.8 Å². The predicted octanol–water partition coefficient (Wildman–Crippen LogP) is 5.62. The predicted molar refractivity (Wildman–Crippen MR) is 134 cm³/mol. The summed E-state index contributed by atoms with van der Waals surface area (Å²) in [6, 6.07) is 6.09. The second-order valence-corrected chi connectivity index (χ2v) is 11.9. The van der Waals surface area contributed by atoms with Crippen LogP contribution in [-0.4, -0.2) is 60.6 Å². The van der Waals surface area contributed by atoms with E-state index < -0.39 is 5.92 Å². The molecule has 0 amide bonds. The van der Waals surface area contributed by atoms with Gasteiger partial charge in [-0.2, -0.15) is 0 Å². The third kappa shape index (κ3) is 8.21. The molecule has 4 rings (SSSR count). The molecule has 2 aliphatic heterocycles. The fourth-order valence-corrected chi connectivity index (χ4v) is 6.85. The van der Waals surface area contributed by atoms with E-state index in [1.54, 1.807) is 0 Å². The molecule has 0 aromatic heterocycles. The zero-order valence-electron chi connectivity index (χ0n) is 20.5. The highest BCUT2D eigenvalue weighted by atomic mass is 31.1. The van der Waals surface area contributed by atoms with Crippen LogP contribution in [0.5, 0.6) is 11.5 Å². The van der Waals surface area contributed by atoms with Crippen molar-refractivity contribution < 1.29 is 27.8 Å². The molecular formula is C27H38F2NO4P. The van der Waals surface area contributed by atoms with Gasteiger partial charge in [0, 0.05) is 38.1 Å². The Morgan fingerprint density at radius 3 is 2.46 bits per heavy atom. The van der Waals surface area contributed by atoms with Crippen LogP contribution in [-0.2, 0) is 16.0 Å². The normalized spacial score (nSPS) is 21.4. The molecule has 1 aliphatic carbocycles. The monoisotopic (exact) mass is 509 g/mol. The van der Waals surface area contributed by atoms with E-state index in [1.165, 1.54) is 18.4 Å². The summed E-state index contributed by atoms with van der Waals surface area (Å²) < 4.78 is 38.0. The van der Waals surface area contributed by atoms with E-state index in [0.717, 1.165) is 37.6 Å². The summed E-state index contributed by atoms with van der Waals surface area (Å²) in [4.78, 5) is 27.7. The van der Waals surface area contributed by atoms with Crippen molar-refractivity contribution in [1.82, 2.24) is 4.90 Å². The summed E-state index contributed by atoms with van der Waals surface area (Å²) in [5.74, 6) is -1.15. The molecule has 35 heavy (non-hydrogen) atoms. The van der Waals surface area contributed by atoms with Crippen LogP contribution in [0.15, 0.2) is 18.2 Å². The van der Waals surface area contributed by atoms with Crippen molar-refractivity contribution >= 4 is 19.9 Å². The maximum Gasteiger partial charge on any atom is 0.248 e. The van der Waals surface area contributed by atoms with E-state index >= 15 is 0 Å². The Bertz CT molecular complexity index is 865. The average molecular weight is 510 g/mol. The molecule has 0 radical (unpaired) electrons. The van der Waals surface area contributed by atoms with Crippen LogP contribution in [0.25, 0.3) is 0 Å². The fourth-order valence-electron chi connectivity index (χ4n) is 5.39. The minimum Gasteiger partial charge on any atom is -0.486 e. The number of ether oxygens (including phenoxy) is 2. The molecule has 0 bridgehead atoms. The van der Waals surface area contributed by atoms with Gasteiger partial charge in [0.2, 0.25) is 5.92 Å². The number of carbonyl (C=O) groups is 2. The van der Waals surface area contributed by atoms with Gasteiger partial charge in [-0.1, -0.05) is 6.07 Å². The van der Waals surface area contributed by atoms with E-state index in [4.69, 9.17) is 9.47 Å². The third-order valence-corrected chi connectivity index (χ3v) is 8.75. The summed E-state index contributed by atoms with van der Waals surface area (Å²) >= 11 is 0. The number of hydrogen-bond donors (Lipinski definition) is 0. The Morgan fingerprint density at radius 1 is 1.03 bits per heavy atom. The maximum atomic E-state index is 13.3. The van der Waals surface area contributed by atoms with Gasteiger partial charge >= 0.3 is 0 Å². The number of benzene rings is 1. The molecule has 1 saturated heterocycles. The van der Waals surface area contributed by atoms with Crippen molar-refractivity contribution in [2.24, 2.45) is 5.92 Å². The minimum absolute atomic E-state index is 0.0981. The molecule has 1 saturated carbocycles. The van der Waals surface area contributed by atoms with Crippen molar-refractivity contribution in [3.63, 3.8) is 0 Å². The maximum absolute atomic E-state index is 13.3. The molecule has 2 fully saturated rings. The summed E-state index contributed by atoms with van der Waals surface area (Å²) in [5, 5.41) is 0. The highest BCUT2D eigenvalue weighted by Crippen LogP contribution is 2.37. The molecule has 2 atom stereocenters. The van der Waals surface area contributed by atoms with Gasteiger partial charge < -0.3 is 14.4 Å². The van der Waals surface area contributed by atoms with Crippen LogP contribution in [0.1, 0.15) is 69.8 Å². The third-order valence-electron chi connectivity index (χ3n) is 7.38. The molecule has 2 unspecified atom stereocenters. The van der Waals surface area contributed by atoms with E-state index in [1.807, 2.05) is 12.1 Å². The minimum atomic E-state index is -2.60. The van der Waals surface area contributed by atoms with Crippen LogP contribution in [0.4, 0.5) is 8.78 Å². The number of rotatable bonds is 12. The van der Waals surface area contributed by atoms with Crippen LogP contribution in [0.3, 0.4) is 0 Å². The molecule has 0 spiro atoms. The lowest BCUT2D eigenvalue weighted by molar-refractivity contribution is -0.127. The SMILES string of the molecule is O=C(CCCCC(=O)C1CCC(F)(F)CC1)PC(Cc1ccc2c(c1)OCCO2)CN1CCCC1. The molecule has 3 aliphatic rings. The van der Waals surface area contributed by atoms with E-state index in [0.29, 0.717) is 51.7 Å². The lowest BCUT2D eigenvalue weighted by atomic mass is 9.83. The van der Waals surface area contributed by atoms with Gasteiger partial charge in [0.1, 0.15) is 19.0 Å². The Morgan fingerprint density at radius 2 is 1.71 bits per heavy atom. The van der Waals surface area contributed by atoms with Gasteiger partial charge in [-0.3, -0.25) is 9.59 Å². The van der Waals surface area contributed by atoms with Gasteiger partial charge in [0.05, 0.1) is 0 Å². The Balaban J connectivity index is 1.22. The Labute approximate surface area is 209 Å². The van der Waals surface area contributed by atoms with E-state index in [-0.39, 0.29) is 44.3 Å². The number of nitrogens with zero attached hydrogens (tertiary/aromatic N) is 1. The molecule has 1 aromatic rings. The lowest BCUT2D eigenvalue weighted by Gasteiger charge is -2.27. The highest BCUT2D eigenvalue weighted by molar-refractivity contribution is 7.58. The van der Waals surface area contributed by atoms with E-state index in [2.05, 4.69) is 11.0 Å². The summed E-state index contributed by atoms with van der Waals surface area (Å²) in [7, 11) is 0.241. The van der Waals surface area contributed by atoms with E-state index in [9.17, 15) is 18.4 Å². The smallest absolute Gasteiger partial charge is 0.248 e. The van der Waals surface area contributed by atoms with Crippen LogP contribution >= 0.6 is 8.58 Å². The molecule has 8 heteroatoms. The van der Waals surface area contributed by atoms with Crippen LogP contribution < -0.4 is 9.47 Å². The number of halogens is 2. The van der Waals surface area contributed by atoms with Crippen molar-refractivity contribution in [1.29, 1.82) is 0 Å². The summed E-state index contributed by atoms with van der Waals surface area (Å²) in [5.41, 5.74) is 1.72. The summed E-state index contributed by atoms with van der Waals surface area (Å²) in [6.45, 7) is 4.27. The standard InChI is InChI=1S/C27H38F2NO4P/c28-27(29)11-9-21(10-12-27)23(31)5-1-2-6-26(32)35-22(19-30-13-3-4-14-30)17-20-7-8-24-25(18-20)34-16-15-33-24/h7-8,18,21-22,35H,1-6,9-17,19H2. The van der Waals surface area contributed by atoms with Gasteiger partial charge in [-0.25, -0.2) is 8.78 Å². The number of fused-ring (bicyclic) bond motifs is 1. The molecule has 194 valence electrons. The first-order valence-corrected chi connectivity index (χ1v) is 14.3.